The number of thioether (sulfide) groups is 1. The number of benzene rings is 1. The van der Waals surface area contributed by atoms with Crippen molar-refractivity contribution in [3.05, 3.63) is 28.9 Å². The van der Waals surface area contributed by atoms with Crippen LogP contribution >= 0.6 is 27.7 Å². The molecule has 1 aromatic carbocycles. The number of nitrogens with zero attached hydrogens (tertiary/aromatic N) is 3. The fraction of sp³-hybridized carbons (Fsp3) is 0.231. The SMILES string of the molecule is C#CCOc1ccc(Br)cc1-n1ncc(SCC)n1. The third kappa shape index (κ3) is 3.52. The summed E-state index contributed by atoms with van der Waals surface area (Å²) in [6.07, 6.45) is 6.95. The fourth-order valence-corrected chi connectivity index (χ4v) is 2.37. The fourth-order valence-electron chi connectivity index (χ4n) is 1.47. The Bertz CT molecular complexity index is 606. The van der Waals surface area contributed by atoms with Crippen molar-refractivity contribution in [1.82, 2.24) is 15.0 Å². The van der Waals surface area contributed by atoms with Crippen LogP contribution in [0.2, 0.25) is 0 Å². The van der Waals surface area contributed by atoms with Gasteiger partial charge in [0, 0.05) is 4.47 Å². The molecule has 0 unspecified atom stereocenters. The molecular formula is C13H12BrN3OS. The zero-order valence-electron chi connectivity index (χ0n) is 10.3. The van der Waals surface area contributed by atoms with Gasteiger partial charge in [0.15, 0.2) is 0 Å². The van der Waals surface area contributed by atoms with Crippen LogP contribution < -0.4 is 4.74 Å². The summed E-state index contributed by atoms with van der Waals surface area (Å²) in [4.78, 5) is 1.55. The Kier molecular flexibility index (Phi) is 4.88. The van der Waals surface area contributed by atoms with E-state index in [4.69, 9.17) is 11.2 Å². The lowest BCUT2D eigenvalue weighted by atomic mass is 10.3. The molecule has 0 aliphatic carbocycles. The molecule has 0 radical (unpaired) electrons. The first-order chi connectivity index (χ1) is 9.24. The first-order valence-corrected chi connectivity index (χ1v) is 7.43. The van der Waals surface area contributed by atoms with Gasteiger partial charge >= 0.3 is 0 Å². The van der Waals surface area contributed by atoms with Crippen LogP contribution in [0, 0.1) is 12.3 Å². The van der Waals surface area contributed by atoms with Gasteiger partial charge < -0.3 is 4.74 Å². The first kappa shape index (κ1) is 14.0. The van der Waals surface area contributed by atoms with E-state index in [0.29, 0.717) is 5.75 Å². The van der Waals surface area contributed by atoms with Gasteiger partial charge in [-0.1, -0.05) is 28.8 Å². The molecular weight excluding hydrogens is 326 g/mol. The highest BCUT2D eigenvalue weighted by atomic mass is 79.9. The number of hydrogen-bond donors (Lipinski definition) is 0. The highest BCUT2D eigenvalue weighted by Gasteiger charge is 2.10. The van der Waals surface area contributed by atoms with E-state index < -0.39 is 0 Å². The third-order valence-corrected chi connectivity index (χ3v) is 3.48. The average molecular weight is 338 g/mol. The molecule has 0 N–H and O–H groups in total. The van der Waals surface area contributed by atoms with E-state index in [0.717, 1.165) is 20.9 Å². The molecule has 1 heterocycles. The highest BCUT2D eigenvalue weighted by molar-refractivity contribution is 9.10. The van der Waals surface area contributed by atoms with Crippen molar-refractivity contribution < 1.29 is 4.74 Å². The molecule has 0 saturated carbocycles. The second-order valence-corrected chi connectivity index (χ2v) is 5.71. The average Bonchev–Trinajstić information content (AvgIpc) is 2.86. The molecule has 4 nitrogen and oxygen atoms in total. The molecule has 0 spiro atoms. The normalized spacial score (nSPS) is 10.2. The van der Waals surface area contributed by atoms with Gasteiger partial charge in [-0.3, -0.25) is 0 Å². The van der Waals surface area contributed by atoms with Gasteiger partial charge in [-0.2, -0.15) is 5.10 Å². The summed E-state index contributed by atoms with van der Waals surface area (Å²) < 4.78 is 6.43. The smallest absolute Gasteiger partial charge is 0.148 e. The topological polar surface area (TPSA) is 39.9 Å². The standard InChI is InChI=1S/C13H12BrN3OS/c1-3-7-18-12-6-5-10(14)8-11(12)17-15-9-13(16-17)19-4-2/h1,5-6,8-9H,4,7H2,2H3. The van der Waals surface area contributed by atoms with Crippen molar-refractivity contribution in [1.29, 1.82) is 0 Å². The third-order valence-electron chi connectivity index (χ3n) is 2.21. The lowest BCUT2D eigenvalue weighted by Gasteiger charge is -2.08. The predicted octanol–water partition coefficient (Wildman–Crippen LogP) is 3.15. The number of rotatable bonds is 5. The summed E-state index contributed by atoms with van der Waals surface area (Å²) in [5.41, 5.74) is 0.757. The summed E-state index contributed by atoms with van der Waals surface area (Å²) in [5, 5.41) is 9.52. The zero-order chi connectivity index (χ0) is 13.7. The number of ether oxygens (including phenoxy) is 1. The monoisotopic (exact) mass is 337 g/mol. The Hall–Kier alpha value is -1.45. The van der Waals surface area contributed by atoms with Gasteiger partial charge in [0.2, 0.25) is 0 Å². The minimum atomic E-state index is 0.215. The van der Waals surface area contributed by atoms with Crippen molar-refractivity contribution >= 4 is 27.7 Å². The summed E-state index contributed by atoms with van der Waals surface area (Å²) in [5.74, 6) is 4.06. The maximum atomic E-state index is 5.50. The predicted molar refractivity (Wildman–Crippen MR) is 79.8 cm³/mol. The van der Waals surface area contributed by atoms with Gasteiger partial charge in [0.25, 0.3) is 0 Å². The molecule has 6 heteroatoms. The molecule has 0 bridgehead atoms. The number of halogens is 1. The largest absolute Gasteiger partial charge is 0.479 e. The molecule has 0 aliphatic heterocycles. The summed E-state index contributed by atoms with van der Waals surface area (Å²) in [7, 11) is 0. The van der Waals surface area contributed by atoms with E-state index in [1.165, 1.54) is 0 Å². The Labute approximate surface area is 124 Å². The van der Waals surface area contributed by atoms with E-state index in [1.54, 1.807) is 22.8 Å². The summed E-state index contributed by atoms with van der Waals surface area (Å²) in [6, 6.07) is 5.62. The van der Waals surface area contributed by atoms with E-state index in [-0.39, 0.29) is 6.61 Å². The minimum absolute atomic E-state index is 0.215. The van der Waals surface area contributed by atoms with Gasteiger partial charge in [0.1, 0.15) is 23.1 Å². The second kappa shape index (κ2) is 6.64. The van der Waals surface area contributed by atoms with Crippen molar-refractivity contribution in [3.8, 4) is 23.8 Å². The molecule has 19 heavy (non-hydrogen) atoms. The lowest BCUT2D eigenvalue weighted by Crippen LogP contribution is -2.04. The number of aromatic nitrogens is 3. The van der Waals surface area contributed by atoms with Crippen molar-refractivity contribution in [2.24, 2.45) is 0 Å². The van der Waals surface area contributed by atoms with E-state index in [1.807, 2.05) is 18.2 Å². The molecule has 0 aliphatic rings. The van der Waals surface area contributed by atoms with Crippen LogP contribution in [0.1, 0.15) is 6.92 Å². The summed E-state index contributed by atoms with van der Waals surface area (Å²) in [6.45, 7) is 2.29. The van der Waals surface area contributed by atoms with Crippen LogP contribution in [0.3, 0.4) is 0 Å². The van der Waals surface area contributed by atoms with Crippen molar-refractivity contribution in [3.63, 3.8) is 0 Å². The van der Waals surface area contributed by atoms with E-state index in [9.17, 15) is 0 Å². The molecule has 2 aromatic rings. The van der Waals surface area contributed by atoms with Crippen LogP contribution in [0.15, 0.2) is 33.9 Å². The molecule has 0 amide bonds. The Morgan fingerprint density at radius 2 is 2.37 bits per heavy atom. The highest BCUT2D eigenvalue weighted by Crippen LogP contribution is 2.26. The van der Waals surface area contributed by atoms with Gasteiger partial charge in [-0.25, -0.2) is 0 Å². The zero-order valence-corrected chi connectivity index (χ0v) is 12.7. The van der Waals surface area contributed by atoms with E-state index >= 15 is 0 Å². The van der Waals surface area contributed by atoms with Gasteiger partial charge in [0.05, 0.1) is 6.20 Å². The molecule has 1 aromatic heterocycles. The lowest BCUT2D eigenvalue weighted by molar-refractivity contribution is 0.366. The first-order valence-electron chi connectivity index (χ1n) is 5.66. The van der Waals surface area contributed by atoms with Crippen molar-refractivity contribution in [2.45, 2.75) is 11.9 Å². The molecule has 2 rings (SSSR count). The molecule has 0 atom stereocenters. The Morgan fingerprint density at radius 3 is 3.11 bits per heavy atom. The number of terminal acetylenes is 1. The van der Waals surface area contributed by atoms with Crippen LogP contribution in [0.25, 0.3) is 5.69 Å². The minimum Gasteiger partial charge on any atom is -0.479 e. The molecule has 0 saturated heterocycles. The van der Waals surface area contributed by atoms with Crippen LogP contribution in [0.4, 0.5) is 0 Å². The van der Waals surface area contributed by atoms with Crippen LogP contribution in [0.5, 0.6) is 5.75 Å². The quantitative estimate of drug-likeness (QED) is 0.620. The van der Waals surface area contributed by atoms with Crippen molar-refractivity contribution in [2.75, 3.05) is 12.4 Å². The molecule has 98 valence electrons. The van der Waals surface area contributed by atoms with Gasteiger partial charge in [-0.15, -0.1) is 28.1 Å². The van der Waals surface area contributed by atoms with E-state index in [2.05, 4.69) is 39.0 Å². The Balaban J connectivity index is 2.35. The molecule has 0 fully saturated rings. The van der Waals surface area contributed by atoms with Crippen LogP contribution in [-0.4, -0.2) is 27.4 Å². The van der Waals surface area contributed by atoms with Crippen LogP contribution in [-0.2, 0) is 0 Å². The Morgan fingerprint density at radius 1 is 1.53 bits per heavy atom. The maximum absolute atomic E-state index is 5.50. The van der Waals surface area contributed by atoms with Gasteiger partial charge in [-0.05, 0) is 24.0 Å². The number of hydrogen-bond acceptors (Lipinski definition) is 4. The maximum Gasteiger partial charge on any atom is 0.148 e. The second-order valence-electron chi connectivity index (χ2n) is 3.51. The summed E-state index contributed by atoms with van der Waals surface area (Å²) >= 11 is 5.07.